The average molecular weight is 382 g/mol. The average Bonchev–Trinajstić information content (AvgIpc) is 2.53. The number of hydrogen-bond donors (Lipinski definition) is 2. The molecule has 0 saturated carbocycles. The third-order valence-corrected chi connectivity index (χ3v) is 3.94. The maximum Gasteiger partial charge on any atom is 1.00 e. The van der Waals surface area contributed by atoms with Crippen molar-refractivity contribution in [2.45, 2.75) is 71.1 Å². The van der Waals surface area contributed by atoms with Crippen LogP contribution in [-0.2, 0) is 14.6 Å². The summed E-state index contributed by atoms with van der Waals surface area (Å²) in [6.45, 7) is 2.31. The number of hydrogen-bond acceptors (Lipinski definition) is 4. The van der Waals surface area contributed by atoms with Crippen molar-refractivity contribution in [1.29, 1.82) is 0 Å². The number of benzene rings is 1. The molecular weight excluding hydrogens is 349 g/mol. The van der Waals surface area contributed by atoms with E-state index in [0.717, 1.165) is 18.5 Å². The van der Waals surface area contributed by atoms with Crippen molar-refractivity contribution in [2.24, 2.45) is 0 Å². The van der Waals surface area contributed by atoms with E-state index in [1.165, 1.54) is 44.9 Å². The number of nitrogen functional groups attached to an aromatic ring is 1. The van der Waals surface area contributed by atoms with Crippen LogP contribution in [0.3, 0.4) is 0 Å². The molecule has 25 heavy (non-hydrogen) atoms. The molecular formula is C18H32NNaO4S. The zero-order valence-corrected chi connectivity index (χ0v) is 18.6. The van der Waals surface area contributed by atoms with Gasteiger partial charge in [0.25, 0.3) is 0 Å². The molecule has 0 bridgehead atoms. The van der Waals surface area contributed by atoms with Gasteiger partial charge in [0.05, 0.1) is 6.61 Å². The molecule has 0 unspecified atom stereocenters. The fraction of sp³-hybridized carbons (Fsp3) is 0.667. The van der Waals surface area contributed by atoms with Crippen LogP contribution in [-0.4, -0.2) is 19.6 Å². The minimum atomic E-state index is -4.23. The van der Waals surface area contributed by atoms with Crippen LogP contribution in [0.1, 0.15) is 71.1 Å². The van der Waals surface area contributed by atoms with E-state index >= 15 is 0 Å². The Kier molecular flexibility index (Phi) is 20.3. The van der Waals surface area contributed by atoms with Gasteiger partial charge in [0.2, 0.25) is 0 Å². The van der Waals surface area contributed by atoms with Crippen molar-refractivity contribution in [3.8, 4) is 0 Å². The fourth-order valence-corrected chi connectivity index (χ4v) is 2.48. The van der Waals surface area contributed by atoms with Crippen molar-refractivity contribution in [1.82, 2.24) is 0 Å². The second-order valence-corrected chi connectivity index (χ2v) is 6.86. The summed E-state index contributed by atoms with van der Waals surface area (Å²) in [5.41, 5.74) is 6.13. The third-order valence-electron chi connectivity index (χ3n) is 3.47. The SMILES string of the molecule is CCCCCCCCCCCCOS(=O)(=O)O.Nc1cc[c-]cc1.[Na+]. The third kappa shape index (κ3) is 23.9. The first-order chi connectivity index (χ1) is 11.5. The molecule has 0 atom stereocenters. The van der Waals surface area contributed by atoms with E-state index in [4.69, 9.17) is 10.3 Å². The Morgan fingerprint density at radius 1 is 0.960 bits per heavy atom. The Morgan fingerprint density at radius 3 is 1.76 bits per heavy atom. The van der Waals surface area contributed by atoms with Gasteiger partial charge in [-0.1, -0.05) is 70.4 Å². The summed E-state index contributed by atoms with van der Waals surface area (Å²) in [5.74, 6) is 0. The number of rotatable bonds is 12. The van der Waals surface area contributed by atoms with E-state index in [-0.39, 0.29) is 36.2 Å². The van der Waals surface area contributed by atoms with Crippen LogP contribution in [0.15, 0.2) is 24.3 Å². The molecule has 0 amide bonds. The minimum Gasteiger partial charge on any atom is -0.419 e. The summed E-state index contributed by atoms with van der Waals surface area (Å²) >= 11 is 0. The van der Waals surface area contributed by atoms with Crippen molar-refractivity contribution in [3.05, 3.63) is 30.3 Å². The second kappa shape index (κ2) is 18.7. The molecule has 0 radical (unpaired) electrons. The summed E-state index contributed by atoms with van der Waals surface area (Å²) < 4.78 is 33.0. The van der Waals surface area contributed by atoms with Gasteiger partial charge >= 0.3 is 40.0 Å². The number of anilines is 1. The molecule has 1 aromatic carbocycles. The predicted molar refractivity (Wildman–Crippen MR) is 99.0 cm³/mol. The van der Waals surface area contributed by atoms with Crippen molar-refractivity contribution >= 4 is 16.1 Å². The molecule has 0 aromatic heterocycles. The molecule has 0 saturated heterocycles. The molecule has 0 spiro atoms. The predicted octanol–water partition coefficient (Wildman–Crippen LogP) is 1.80. The Morgan fingerprint density at radius 2 is 1.40 bits per heavy atom. The Labute approximate surface area is 176 Å². The van der Waals surface area contributed by atoms with Crippen LogP contribution in [0.4, 0.5) is 5.69 Å². The number of nitrogens with two attached hydrogens (primary N) is 1. The molecule has 0 aliphatic heterocycles. The molecule has 3 N–H and O–H groups in total. The maximum absolute atomic E-state index is 10.2. The van der Waals surface area contributed by atoms with Gasteiger partial charge in [-0.25, -0.2) is 4.18 Å². The van der Waals surface area contributed by atoms with E-state index < -0.39 is 10.4 Å². The van der Waals surface area contributed by atoms with E-state index in [1.54, 1.807) is 24.3 Å². The maximum atomic E-state index is 10.2. The van der Waals surface area contributed by atoms with Crippen LogP contribution in [0.25, 0.3) is 0 Å². The first kappa shape index (κ1) is 27.1. The summed E-state index contributed by atoms with van der Waals surface area (Å²) in [4.78, 5) is 0. The van der Waals surface area contributed by atoms with Gasteiger partial charge in [-0.15, -0.1) is 12.1 Å². The zero-order chi connectivity index (χ0) is 18.1. The van der Waals surface area contributed by atoms with Crippen LogP contribution in [0.2, 0.25) is 0 Å². The topological polar surface area (TPSA) is 89.6 Å². The smallest absolute Gasteiger partial charge is 0.419 e. The Balaban J connectivity index is 0. The van der Waals surface area contributed by atoms with Gasteiger partial charge in [0.15, 0.2) is 0 Å². The molecule has 0 aliphatic carbocycles. The van der Waals surface area contributed by atoms with E-state index in [9.17, 15) is 8.42 Å². The van der Waals surface area contributed by atoms with Crippen LogP contribution in [0.5, 0.6) is 0 Å². The van der Waals surface area contributed by atoms with Crippen molar-refractivity contribution in [2.75, 3.05) is 12.3 Å². The van der Waals surface area contributed by atoms with Gasteiger partial charge < -0.3 is 5.73 Å². The summed E-state index contributed by atoms with van der Waals surface area (Å²) in [6, 6.07) is 10.0. The van der Waals surface area contributed by atoms with Crippen LogP contribution >= 0.6 is 0 Å². The van der Waals surface area contributed by atoms with Crippen LogP contribution in [0, 0.1) is 6.07 Å². The number of unbranched alkanes of at least 4 members (excludes halogenated alkanes) is 9. The van der Waals surface area contributed by atoms with E-state index in [2.05, 4.69) is 17.2 Å². The summed E-state index contributed by atoms with van der Waals surface area (Å²) in [6.07, 6.45) is 11.9. The molecule has 0 aliphatic rings. The molecule has 1 aromatic rings. The monoisotopic (exact) mass is 381 g/mol. The largest absolute Gasteiger partial charge is 1.00 e. The van der Waals surface area contributed by atoms with Crippen molar-refractivity contribution in [3.63, 3.8) is 0 Å². The molecule has 0 heterocycles. The Hall–Kier alpha value is -0.110. The Bertz CT molecular complexity index is 483. The van der Waals surface area contributed by atoms with E-state index in [0.29, 0.717) is 6.42 Å². The quantitative estimate of drug-likeness (QED) is 0.189. The first-order valence-electron chi connectivity index (χ1n) is 8.79. The van der Waals surface area contributed by atoms with Gasteiger partial charge in [-0.05, 0) is 6.42 Å². The van der Waals surface area contributed by atoms with Gasteiger partial charge in [-0.3, -0.25) is 4.55 Å². The standard InChI is InChI=1S/C12H26O4S.C6H6N.Na/c1-2-3-4-5-6-7-8-9-10-11-12-16-17(13,14)15;7-6-4-2-1-3-5-6;/h2-12H2,1H3,(H,13,14,15);2-5H,7H2;/q;-1;+1. The molecule has 0 fully saturated rings. The summed E-state index contributed by atoms with van der Waals surface area (Å²) in [5, 5.41) is 0. The van der Waals surface area contributed by atoms with Gasteiger partial charge in [-0.2, -0.15) is 26.6 Å². The second-order valence-electron chi connectivity index (χ2n) is 5.77. The molecule has 140 valence electrons. The van der Waals surface area contributed by atoms with E-state index in [1.807, 2.05) is 0 Å². The fourth-order valence-electron chi connectivity index (χ4n) is 2.15. The van der Waals surface area contributed by atoms with Gasteiger partial charge in [0, 0.05) is 0 Å². The summed E-state index contributed by atoms with van der Waals surface area (Å²) in [7, 11) is -4.23. The zero-order valence-electron chi connectivity index (χ0n) is 15.7. The van der Waals surface area contributed by atoms with Crippen LogP contribution < -0.4 is 35.3 Å². The van der Waals surface area contributed by atoms with Gasteiger partial charge in [0.1, 0.15) is 0 Å². The first-order valence-corrected chi connectivity index (χ1v) is 10.2. The van der Waals surface area contributed by atoms with Crippen molar-refractivity contribution < 1.29 is 46.7 Å². The molecule has 1 rings (SSSR count). The molecule has 5 nitrogen and oxygen atoms in total. The minimum absolute atomic E-state index is 0. The molecule has 7 heteroatoms. The normalized spacial score (nSPS) is 10.5.